The van der Waals surface area contributed by atoms with Crippen LogP contribution < -0.4 is 0 Å². The number of unbranched alkanes of at least 4 members (excludes halogenated alkanes) is 13. The molecule has 4 heteroatoms. The lowest BCUT2D eigenvalue weighted by atomic mass is 9.98. The van der Waals surface area contributed by atoms with E-state index in [9.17, 15) is 5.11 Å². The molecule has 1 N–H and O–H groups in total. The van der Waals surface area contributed by atoms with Gasteiger partial charge in [0.2, 0.25) is 0 Å². The molecule has 0 aromatic heterocycles. The average molecular weight is 384 g/mol. The summed E-state index contributed by atoms with van der Waals surface area (Å²) in [6, 6.07) is 0. The second-order valence-corrected chi connectivity index (χ2v) is 8.27. The molecule has 1 aliphatic heterocycles. The van der Waals surface area contributed by atoms with Crippen LogP contribution in [0.1, 0.15) is 117 Å². The highest BCUT2D eigenvalue weighted by Crippen LogP contribution is 2.25. The van der Waals surface area contributed by atoms with Crippen LogP contribution in [0.3, 0.4) is 0 Å². The molecule has 0 saturated heterocycles. The molecule has 1 unspecified atom stereocenters. The second kappa shape index (κ2) is 16.4. The Bertz CT molecular complexity index is 373. The van der Waals surface area contributed by atoms with E-state index in [1.165, 1.54) is 83.5 Å². The summed E-state index contributed by atoms with van der Waals surface area (Å²) >= 11 is 0. The molecular weight excluding hydrogens is 338 g/mol. The zero-order chi connectivity index (χ0) is 19.6. The van der Waals surface area contributed by atoms with Crippen LogP contribution in [0.2, 0.25) is 0 Å². The zero-order valence-corrected chi connectivity index (χ0v) is 18.1. The first kappa shape index (κ1) is 24.4. The molecule has 0 spiro atoms. The largest absolute Gasteiger partial charge is 0.392 e. The van der Waals surface area contributed by atoms with Crippen LogP contribution in [0, 0.1) is 0 Å². The Morgan fingerprint density at radius 1 is 0.852 bits per heavy atom. The molecule has 160 valence electrons. The normalized spacial score (nSPS) is 19.3. The Hall–Kier alpha value is -0.610. The van der Waals surface area contributed by atoms with Crippen LogP contribution in [0.5, 0.6) is 0 Å². The van der Waals surface area contributed by atoms with E-state index in [4.69, 9.17) is 9.57 Å². The van der Waals surface area contributed by atoms with Crippen molar-refractivity contribution >= 4 is 5.71 Å². The number of aliphatic hydroxyl groups excluding tert-OH is 1. The highest BCUT2D eigenvalue weighted by molar-refractivity contribution is 5.85. The molecule has 0 amide bonds. The summed E-state index contributed by atoms with van der Waals surface area (Å²) in [4.78, 5) is 5.43. The maximum Gasteiger partial charge on any atom is 0.188 e. The van der Waals surface area contributed by atoms with E-state index >= 15 is 0 Å². The van der Waals surface area contributed by atoms with Gasteiger partial charge in [0, 0.05) is 13.0 Å². The van der Waals surface area contributed by atoms with Crippen LogP contribution >= 0.6 is 0 Å². The first-order valence-electron chi connectivity index (χ1n) is 11.7. The van der Waals surface area contributed by atoms with Gasteiger partial charge in [0.15, 0.2) is 5.60 Å². The van der Waals surface area contributed by atoms with Crippen LogP contribution in [0.25, 0.3) is 0 Å². The van der Waals surface area contributed by atoms with Crippen LogP contribution in [0.15, 0.2) is 5.16 Å². The third kappa shape index (κ3) is 11.7. The first-order valence-corrected chi connectivity index (χ1v) is 11.7. The number of rotatable bonds is 19. The number of hydrogen-bond donors (Lipinski definition) is 1. The minimum absolute atomic E-state index is 0.0290. The Kier molecular flexibility index (Phi) is 14.8. The lowest BCUT2D eigenvalue weighted by molar-refractivity contribution is -0.105. The Labute approximate surface area is 168 Å². The van der Waals surface area contributed by atoms with Crippen molar-refractivity contribution in [3.63, 3.8) is 0 Å². The van der Waals surface area contributed by atoms with Gasteiger partial charge in [-0.2, -0.15) is 0 Å². The second-order valence-electron chi connectivity index (χ2n) is 8.27. The van der Waals surface area contributed by atoms with Gasteiger partial charge in [-0.15, -0.1) is 0 Å². The van der Waals surface area contributed by atoms with Crippen molar-refractivity contribution in [2.45, 2.75) is 122 Å². The molecule has 1 heterocycles. The van der Waals surface area contributed by atoms with E-state index in [1.54, 1.807) is 0 Å². The zero-order valence-electron chi connectivity index (χ0n) is 18.1. The van der Waals surface area contributed by atoms with Gasteiger partial charge < -0.3 is 14.7 Å². The fourth-order valence-electron chi connectivity index (χ4n) is 3.65. The fourth-order valence-corrected chi connectivity index (χ4v) is 3.65. The maximum absolute atomic E-state index is 9.58. The molecule has 1 rings (SSSR count). The number of nitrogens with zero attached hydrogens (tertiary/aromatic N) is 1. The quantitative estimate of drug-likeness (QED) is 0.262. The standard InChI is InChI=1S/C23H45NO3/c1-3-5-6-7-8-9-10-11-12-13-14-15-16-17-18-26-21-23(20-25)19-22(4-2)24-27-23/h25H,3-21H2,1-2H3. The average Bonchev–Trinajstić information content (AvgIpc) is 3.12. The molecule has 0 radical (unpaired) electrons. The predicted molar refractivity (Wildman–Crippen MR) is 114 cm³/mol. The summed E-state index contributed by atoms with van der Waals surface area (Å²) < 4.78 is 5.75. The highest BCUT2D eigenvalue weighted by Gasteiger charge is 2.38. The smallest absolute Gasteiger partial charge is 0.188 e. The lowest BCUT2D eigenvalue weighted by Gasteiger charge is -2.23. The van der Waals surface area contributed by atoms with E-state index < -0.39 is 5.60 Å². The molecule has 0 aliphatic carbocycles. The van der Waals surface area contributed by atoms with Gasteiger partial charge in [0.1, 0.15) is 0 Å². The molecule has 4 nitrogen and oxygen atoms in total. The maximum atomic E-state index is 9.58. The van der Waals surface area contributed by atoms with Crippen molar-refractivity contribution < 1.29 is 14.7 Å². The van der Waals surface area contributed by atoms with Crippen molar-refractivity contribution in [1.82, 2.24) is 0 Å². The molecule has 0 fully saturated rings. The number of ether oxygens (including phenoxy) is 1. The fraction of sp³-hybridized carbons (Fsp3) is 0.957. The minimum Gasteiger partial charge on any atom is -0.392 e. The van der Waals surface area contributed by atoms with E-state index in [0.29, 0.717) is 13.0 Å². The summed E-state index contributed by atoms with van der Waals surface area (Å²) in [5, 5.41) is 13.6. The number of aliphatic hydroxyl groups is 1. The van der Waals surface area contributed by atoms with Gasteiger partial charge in [-0.05, 0) is 12.8 Å². The van der Waals surface area contributed by atoms with Crippen molar-refractivity contribution in [3.8, 4) is 0 Å². The monoisotopic (exact) mass is 383 g/mol. The SMILES string of the molecule is CCCCCCCCCCCCCCCCOCC1(CO)CC(CC)=NO1. The van der Waals surface area contributed by atoms with Crippen molar-refractivity contribution in [3.05, 3.63) is 0 Å². The predicted octanol–water partition coefficient (Wildman–Crippen LogP) is 6.40. The van der Waals surface area contributed by atoms with E-state index in [0.717, 1.165) is 25.2 Å². The van der Waals surface area contributed by atoms with E-state index in [2.05, 4.69) is 19.0 Å². The third-order valence-electron chi connectivity index (χ3n) is 5.60. The van der Waals surface area contributed by atoms with Crippen LogP contribution in [-0.2, 0) is 9.57 Å². The van der Waals surface area contributed by atoms with E-state index in [1.807, 2.05) is 0 Å². The first-order chi connectivity index (χ1) is 13.3. The molecule has 0 bridgehead atoms. The summed E-state index contributed by atoms with van der Waals surface area (Å²) in [7, 11) is 0. The third-order valence-corrected chi connectivity index (χ3v) is 5.60. The molecule has 0 aromatic carbocycles. The molecule has 0 saturated carbocycles. The Balaban J connectivity index is 1.80. The van der Waals surface area contributed by atoms with E-state index in [-0.39, 0.29) is 6.61 Å². The summed E-state index contributed by atoms with van der Waals surface area (Å²) in [5.41, 5.74) is 0.394. The van der Waals surface area contributed by atoms with Gasteiger partial charge >= 0.3 is 0 Å². The molecule has 27 heavy (non-hydrogen) atoms. The Morgan fingerprint density at radius 3 is 1.81 bits per heavy atom. The van der Waals surface area contributed by atoms with Crippen molar-refractivity contribution in [2.24, 2.45) is 5.16 Å². The Morgan fingerprint density at radius 2 is 1.37 bits per heavy atom. The van der Waals surface area contributed by atoms with Crippen molar-refractivity contribution in [1.29, 1.82) is 0 Å². The molecule has 0 aromatic rings. The molecule has 1 atom stereocenters. The minimum atomic E-state index is -0.624. The summed E-state index contributed by atoms with van der Waals surface area (Å²) in [6.45, 7) is 5.51. The lowest BCUT2D eigenvalue weighted by Crippen LogP contribution is -2.39. The van der Waals surface area contributed by atoms with Gasteiger partial charge in [-0.1, -0.05) is 102 Å². The number of hydrogen-bond acceptors (Lipinski definition) is 4. The molecule has 1 aliphatic rings. The molecular formula is C23H45NO3. The van der Waals surface area contributed by atoms with Gasteiger partial charge in [-0.3, -0.25) is 0 Å². The number of oxime groups is 1. The highest BCUT2D eigenvalue weighted by atomic mass is 16.7. The van der Waals surface area contributed by atoms with Gasteiger partial charge in [-0.25, -0.2) is 0 Å². The van der Waals surface area contributed by atoms with Gasteiger partial charge in [0.05, 0.1) is 18.9 Å². The van der Waals surface area contributed by atoms with Gasteiger partial charge in [0.25, 0.3) is 0 Å². The van der Waals surface area contributed by atoms with Crippen molar-refractivity contribution in [2.75, 3.05) is 19.8 Å². The summed E-state index contributed by atoms with van der Waals surface area (Å²) in [6.07, 6.45) is 20.7. The summed E-state index contributed by atoms with van der Waals surface area (Å²) in [5.74, 6) is 0. The van der Waals surface area contributed by atoms with Crippen LogP contribution in [-0.4, -0.2) is 36.2 Å². The topological polar surface area (TPSA) is 51.0 Å². The van der Waals surface area contributed by atoms with Crippen LogP contribution in [0.4, 0.5) is 0 Å².